The van der Waals surface area contributed by atoms with Crippen molar-refractivity contribution >= 4 is 34.6 Å². The van der Waals surface area contributed by atoms with Crippen LogP contribution in [0.5, 0.6) is 5.75 Å². The predicted octanol–water partition coefficient (Wildman–Crippen LogP) is 1.99. The number of methoxy groups -OCH3 is 5. The van der Waals surface area contributed by atoms with Crippen LogP contribution in [-0.2, 0) is 18.9 Å². The molecule has 2 aromatic carbocycles. The highest BCUT2D eigenvalue weighted by Gasteiger charge is 2.36. The highest BCUT2D eigenvalue weighted by atomic mass is 16.5. The van der Waals surface area contributed by atoms with Crippen LogP contribution < -0.4 is 4.74 Å². The Morgan fingerprint density at radius 3 is 1.50 bits per heavy atom. The maximum Gasteiger partial charge on any atom is 0.339 e. The minimum absolute atomic E-state index is 0.0882. The lowest BCUT2D eigenvalue weighted by Crippen LogP contribution is -2.23. The van der Waals surface area contributed by atoms with Gasteiger partial charge in [-0.05, 0) is 6.07 Å². The largest absolute Gasteiger partial charge is 0.496 e. The number of ether oxygens (including phenoxy) is 5. The first-order valence-electron chi connectivity index (χ1n) is 7.87. The second kappa shape index (κ2) is 8.38. The predicted molar refractivity (Wildman–Crippen MR) is 95.9 cm³/mol. The Bertz CT molecular complexity index is 975. The molecule has 0 saturated heterocycles. The quantitative estimate of drug-likeness (QED) is 0.558. The SMILES string of the molecule is COC(=O)c1c(C(=O)OC)c(C(=O)OC)c2c(OC)cccc2c1C(=O)OC. The summed E-state index contributed by atoms with van der Waals surface area (Å²) in [5.41, 5.74) is -1.52. The molecule has 0 spiro atoms. The van der Waals surface area contributed by atoms with Crippen LogP contribution in [0.3, 0.4) is 0 Å². The summed E-state index contributed by atoms with van der Waals surface area (Å²) in [6.45, 7) is 0. The van der Waals surface area contributed by atoms with Gasteiger partial charge in [0, 0.05) is 10.8 Å². The smallest absolute Gasteiger partial charge is 0.339 e. The van der Waals surface area contributed by atoms with Crippen LogP contribution in [0.4, 0.5) is 0 Å². The molecule has 28 heavy (non-hydrogen) atoms. The second-order valence-corrected chi connectivity index (χ2v) is 5.35. The van der Waals surface area contributed by atoms with Crippen molar-refractivity contribution in [3.63, 3.8) is 0 Å². The van der Waals surface area contributed by atoms with E-state index in [1.54, 1.807) is 6.07 Å². The number of fused-ring (bicyclic) bond motifs is 1. The van der Waals surface area contributed by atoms with Crippen LogP contribution in [0.25, 0.3) is 10.8 Å². The van der Waals surface area contributed by atoms with Gasteiger partial charge >= 0.3 is 23.9 Å². The Morgan fingerprint density at radius 2 is 1.04 bits per heavy atom. The maximum absolute atomic E-state index is 12.6. The monoisotopic (exact) mass is 390 g/mol. The molecule has 0 bridgehead atoms. The van der Waals surface area contributed by atoms with Crippen molar-refractivity contribution in [1.29, 1.82) is 0 Å². The van der Waals surface area contributed by atoms with Gasteiger partial charge in [-0.25, -0.2) is 19.2 Å². The number of rotatable bonds is 5. The van der Waals surface area contributed by atoms with E-state index in [-0.39, 0.29) is 27.6 Å². The molecule has 0 heterocycles. The molecule has 0 amide bonds. The van der Waals surface area contributed by atoms with Crippen molar-refractivity contribution in [2.45, 2.75) is 0 Å². The topological polar surface area (TPSA) is 114 Å². The van der Waals surface area contributed by atoms with Crippen molar-refractivity contribution in [3.8, 4) is 5.75 Å². The number of esters is 4. The van der Waals surface area contributed by atoms with Crippen molar-refractivity contribution in [1.82, 2.24) is 0 Å². The molecule has 0 radical (unpaired) electrons. The second-order valence-electron chi connectivity index (χ2n) is 5.35. The van der Waals surface area contributed by atoms with Crippen molar-refractivity contribution in [2.24, 2.45) is 0 Å². The standard InChI is InChI=1S/C19H18O9/c1-24-10-8-6-7-9-11(10)13(17(21)26-3)15(19(23)28-5)14(18(22)27-4)12(9)16(20)25-2/h6-8H,1-5H3. The number of hydrogen-bond donors (Lipinski definition) is 0. The third-order valence-corrected chi connectivity index (χ3v) is 4.07. The highest BCUT2D eigenvalue weighted by molar-refractivity contribution is 6.25. The molecule has 0 atom stereocenters. The van der Waals surface area contributed by atoms with E-state index in [4.69, 9.17) is 23.7 Å². The molecule has 9 heteroatoms. The molecular formula is C19H18O9. The summed E-state index contributed by atoms with van der Waals surface area (Å²) in [5.74, 6) is -3.75. The van der Waals surface area contributed by atoms with Gasteiger partial charge in [-0.15, -0.1) is 0 Å². The first-order valence-corrected chi connectivity index (χ1v) is 7.87. The Labute approximate surface area is 160 Å². The minimum atomic E-state index is -1.04. The van der Waals surface area contributed by atoms with Crippen molar-refractivity contribution < 1.29 is 42.9 Å². The van der Waals surface area contributed by atoms with Gasteiger partial charge in [-0.3, -0.25) is 0 Å². The lowest BCUT2D eigenvalue weighted by atomic mass is 9.88. The van der Waals surface area contributed by atoms with Crippen molar-refractivity contribution in [3.05, 3.63) is 40.5 Å². The van der Waals surface area contributed by atoms with E-state index in [1.165, 1.54) is 19.2 Å². The van der Waals surface area contributed by atoms with Gasteiger partial charge in [0.15, 0.2) is 0 Å². The zero-order valence-electron chi connectivity index (χ0n) is 15.9. The summed E-state index contributed by atoms with van der Waals surface area (Å²) in [5, 5.41) is 0.227. The van der Waals surface area contributed by atoms with E-state index in [9.17, 15) is 19.2 Å². The fourth-order valence-corrected chi connectivity index (χ4v) is 2.91. The lowest BCUT2D eigenvalue weighted by Gasteiger charge is -2.19. The normalized spacial score (nSPS) is 10.2. The van der Waals surface area contributed by atoms with Gasteiger partial charge in [0.2, 0.25) is 0 Å². The summed E-state index contributed by atoms with van der Waals surface area (Å²) >= 11 is 0. The van der Waals surface area contributed by atoms with Gasteiger partial charge in [0.25, 0.3) is 0 Å². The molecule has 0 aromatic heterocycles. The average Bonchev–Trinajstić information content (AvgIpc) is 2.74. The summed E-state index contributed by atoms with van der Waals surface area (Å²) in [6.07, 6.45) is 0. The van der Waals surface area contributed by atoms with E-state index in [1.807, 2.05) is 0 Å². The molecule has 0 unspecified atom stereocenters. The molecular weight excluding hydrogens is 372 g/mol. The molecule has 0 N–H and O–H groups in total. The Morgan fingerprint density at radius 1 is 0.607 bits per heavy atom. The first-order chi connectivity index (χ1) is 13.4. The number of carbonyl (C=O) groups is 4. The van der Waals surface area contributed by atoms with E-state index in [0.717, 1.165) is 28.4 Å². The van der Waals surface area contributed by atoms with E-state index < -0.39 is 35.0 Å². The summed E-state index contributed by atoms with van der Waals surface area (Å²) < 4.78 is 24.4. The van der Waals surface area contributed by atoms with Gasteiger partial charge in [0.1, 0.15) is 5.75 Å². The van der Waals surface area contributed by atoms with Crippen LogP contribution in [0, 0.1) is 0 Å². The number of benzene rings is 2. The molecule has 2 rings (SSSR count). The molecule has 0 fully saturated rings. The highest BCUT2D eigenvalue weighted by Crippen LogP contribution is 2.38. The summed E-state index contributed by atoms with van der Waals surface area (Å²) in [4.78, 5) is 50.2. The van der Waals surface area contributed by atoms with Gasteiger partial charge in [-0.1, -0.05) is 12.1 Å². The maximum atomic E-state index is 12.6. The van der Waals surface area contributed by atoms with E-state index in [0.29, 0.717) is 0 Å². The van der Waals surface area contributed by atoms with Crippen LogP contribution in [-0.4, -0.2) is 59.4 Å². The van der Waals surface area contributed by atoms with E-state index >= 15 is 0 Å². The third kappa shape index (κ3) is 3.22. The molecule has 0 saturated carbocycles. The lowest BCUT2D eigenvalue weighted by molar-refractivity contribution is 0.0523. The minimum Gasteiger partial charge on any atom is -0.496 e. The molecule has 9 nitrogen and oxygen atoms in total. The van der Waals surface area contributed by atoms with E-state index in [2.05, 4.69) is 0 Å². The Balaban J connectivity index is 3.30. The van der Waals surface area contributed by atoms with Gasteiger partial charge < -0.3 is 23.7 Å². The Kier molecular flexibility index (Phi) is 6.19. The number of carbonyl (C=O) groups excluding carboxylic acids is 4. The Hall–Kier alpha value is -3.62. The summed E-state index contributed by atoms with van der Waals surface area (Å²) in [7, 11) is 5.70. The fraction of sp³-hybridized carbons (Fsp3) is 0.263. The molecule has 148 valence electrons. The first kappa shape index (κ1) is 20.7. The molecule has 0 aliphatic rings. The summed E-state index contributed by atoms with van der Waals surface area (Å²) in [6, 6.07) is 4.55. The molecule has 0 aliphatic carbocycles. The van der Waals surface area contributed by atoms with Gasteiger partial charge in [-0.2, -0.15) is 0 Å². The third-order valence-electron chi connectivity index (χ3n) is 4.07. The van der Waals surface area contributed by atoms with Gasteiger partial charge in [0.05, 0.1) is 57.8 Å². The molecule has 0 aliphatic heterocycles. The fourth-order valence-electron chi connectivity index (χ4n) is 2.91. The van der Waals surface area contributed by atoms with Crippen LogP contribution >= 0.6 is 0 Å². The van der Waals surface area contributed by atoms with Crippen LogP contribution in [0.2, 0.25) is 0 Å². The van der Waals surface area contributed by atoms with Crippen LogP contribution in [0.1, 0.15) is 41.4 Å². The van der Waals surface area contributed by atoms with Crippen LogP contribution in [0.15, 0.2) is 18.2 Å². The zero-order valence-corrected chi connectivity index (χ0v) is 15.9. The molecule has 2 aromatic rings. The van der Waals surface area contributed by atoms with Crippen molar-refractivity contribution in [2.75, 3.05) is 35.5 Å². The zero-order chi connectivity index (χ0) is 21.0. The average molecular weight is 390 g/mol. The number of hydrogen-bond acceptors (Lipinski definition) is 9.